The third-order valence-electron chi connectivity index (χ3n) is 5.78. The lowest BCUT2D eigenvalue weighted by atomic mass is 10.0. The summed E-state index contributed by atoms with van der Waals surface area (Å²) in [5, 5.41) is 0. The van der Waals surface area contributed by atoms with Crippen LogP contribution in [0.5, 0.6) is 0 Å². The molecule has 2 atom stereocenters. The molecule has 0 bridgehead atoms. The van der Waals surface area contributed by atoms with Crippen LogP contribution >= 0.6 is 7.60 Å². The van der Waals surface area contributed by atoms with Crippen molar-refractivity contribution in [1.29, 1.82) is 0 Å². The van der Waals surface area contributed by atoms with Crippen LogP contribution in [0.1, 0.15) is 104 Å². The van der Waals surface area contributed by atoms with Crippen LogP contribution in [-0.4, -0.2) is 70.2 Å². The van der Waals surface area contributed by atoms with Gasteiger partial charge in [0.15, 0.2) is 0 Å². The molecule has 2 unspecified atom stereocenters. The molecule has 8 heteroatoms. The lowest BCUT2D eigenvalue weighted by molar-refractivity contribution is -0.868. The Balaban J connectivity index is 3.90. The molecule has 0 fully saturated rings. The second-order valence-electron chi connectivity index (χ2n) is 10.4. The number of quaternary nitrogens is 1. The van der Waals surface area contributed by atoms with Gasteiger partial charge in [0.25, 0.3) is 0 Å². The minimum absolute atomic E-state index is 0.0508. The Labute approximate surface area is 210 Å². The van der Waals surface area contributed by atoms with E-state index in [0.29, 0.717) is 17.6 Å². The molecule has 0 N–H and O–H groups in total. The Morgan fingerprint density at radius 2 is 1.32 bits per heavy atom. The van der Waals surface area contributed by atoms with Crippen molar-refractivity contribution in [3.05, 3.63) is 0 Å². The van der Waals surface area contributed by atoms with Gasteiger partial charge in [-0.25, -0.2) is 0 Å². The molecule has 0 spiro atoms. The van der Waals surface area contributed by atoms with Crippen LogP contribution in [0.25, 0.3) is 0 Å². The first-order valence-electron chi connectivity index (χ1n) is 13.6. The molecule has 0 aromatic carbocycles. The zero-order valence-corrected chi connectivity index (χ0v) is 23.8. The molecular weight excluding hydrogens is 453 g/mol. The fraction of sp³-hybridized carbons (Fsp3) is 0.962. The Bertz CT molecular complexity index is 538. The van der Waals surface area contributed by atoms with Crippen LogP contribution in [0, 0.1) is 0 Å². The fourth-order valence-corrected chi connectivity index (χ4v) is 4.87. The Morgan fingerprint density at radius 3 is 1.79 bits per heavy atom. The van der Waals surface area contributed by atoms with Crippen molar-refractivity contribution in [2.24, 2.45) is 0 Å². The van der Waals surface area contributed by atoms with Crippen molar-refractivity contribution in [3.8, 4) is 0 Å². The van der Waals surface area contributed by atoms with Crippen molar-refractivity contribution in [1.82, 2.24) is 0 Å². The summed E-state index contributed by atoms with van der Waals surface area (Å²) in [5.74, 6) is -0.384. The van der Waals surface area contributed by atoms with Gasteiger partial charge in [-0.3, -0.25) is 4.79 Å². The fourth-order valence-electron chi connectivity index (χ4n) is 3.51. The Morgan fingerprint density at radius 1 is 0.824 bits per heavy atom. The number of hydrogen-bond donors (Lipinski definition) is 0. The average molecular weight is 508 g/mol. The minimum Gasteiger partial charge on any atom is -0.778 e. The van der Waals surface area contributed by atoms with E-state index in [-0.39, 0.29) is 31.8 Å². The third-order valence-corrected chi connectivity index (χ3v) is 7.07. The number of hydrogen-bond acceptors (Lipinski definition) is 6. The van der Waals surface area contributed by atoms with Crippen molar-refractivity contribution in [2.75, 3.05) is 53.7 Å². The van der Waals surface area contributed by atoms with Crippen LogP contribution in [0.15, 0.2) is 0 Å². The first-order chi connectivity index (χ1) is 16.1. The molecule has 7 nitrogen and oxygen atoms in total. The number of unbranched alkanes of at least 4 members (excludes halogenated alkanes) is 12. The molecule has 0 aliphatic rings. The van der Waals surface area contributed by atoms with Gasteiger partial charge in [0.05, 0.1) is 47.1 Å². The van der Waals surface area contributed by atoms with E-state index in [2.05, 4.69) is 6.92 Å². The molecule has 0 aliphatic heterocycles. The van der Waals surface area contributed by atoms with Crippen molar-refractivity contribution < 1.29 is 32.7 Å². The average Bonchev–Trinajstić information content (AvgIpc) is 2.78. The van der Waals surface area contributed by atoms with Gasteiger partial charge in [-0.1, -0.05) is 90.9 Å². The smallest absolute Gasteiger partial charge is 0.305 e. The summed E-state index contributed by atoms with van der Waals surface area (Å²) in [6.07, 6.45) is 16.3. The van der Waals surface area contributed by atoms with Gasteiger partial charge in [-0.05, 0) is 6.42 Å². The van der Waals surface area contributed by atoms with E-state index in [0.717, 1.165) is 12.8 Å². The number of esters is 1. The summed E-state index contributed by atoms with van der Waals surface area (Å²) in [5.41, 5.74) is 0. The Hall–Kier alpha value is -0.460. The van der Waals surface area contributed by atoms with Gasteiger partial charge in [0.1, 0.15) is 13.7 Å². The highest BCUT2D eigenvalue weighted by Gasteiger charge is 2.20. The topological polar surface area (TPSA) is 84.9 Å². The van der Waals surface area contributed by atoms with Crippen LogP contribution in [-0.2, 0) is 23.4 Å². The van der Waals surface area contributed by atoms with E-state index in [1.165, 1.54) is 70.6 Å². The summed E-state index contributed by atoms with van der Waals surface area (Å²) in [4.78, 5) is 23.8. The molecule has 0 saturated carbocycles. The molecule has 0 saturated heterocycles. The number of carbonyl (C=O) groups is 1. The predicted octanol–water partition coefficient (Wildman–Crippen LogP) is 5.69. The van der Waals surface area contributed by atoms with Crippen molar-refractivity contribution >= 4 is 13.6 Å². The molecule has 0 aliphatic carbocycles. The van der Waals surface area contributed by atoms with Gasteiger partial charge in [-0.2, -0.15) is 0 Å². The zero-order valence-electron chi connectivity index (χ0n) is 22.9. The van der Waals surface area contributed by atoms with Gasteiger partial charge in [0, 0.05) is 13.0 Å². The van der Waals surface area contributed by atoms with Gasteiger partial charge in [0.2, 0.25) is 0 Å². The lowest BCUT2D eigenvalue weighted by Gasteiger charge is -2.30. The van der Waals surface area contributed by atoms with E-state index in [4.69, 9.17) is 14.0 Å². The lowest BCUT2D eigenvalue weighted by Crippen LogP contribution is -2.38. The molecule has 0 amide bonds. The molecular formula is C26H54NO6P. The summed E-state index contributed by atoms with van der Waals surface area (Å²) >= 11 is 0. The first-order valence-corrected chi connectivity index (χ1v) is 15.3. The second-order valence-corrected chi connectivity index (χ2v) is 12.4. The molecule has 0 aromatic rings. The predicted molar refractivity (Wildman–Crippen MR) is 138 cm³/mol. The Kier molecular flexibility index (Phi) is 20.4. The summed E-state index contributed by atoms with van der Waals surface area (Å²) in [6, 6.07) is 0. The van der Waals surface area contributed by atoms with Crippen LogP contribution in [0.3, 0.4) is 0 Å². The van der Waals surface area contributed by atoms with Gasteiger partial charge >= 0.3 is 5.97 Å². The van der Waals surface area contributed by atoms with Crippen LogP contribution in [0.4, 0.5) is 0 Å². The minimum atomic E-state index is -3.98. The van der Waals surface area contributed by atoms with E-state index in [1.54, 1.807) is 6.92 Å². The van der Waals surface area contributed by atoms with Crippen LogP contribution in [0.2, 0.25) is 0 Å². The number of carbonyl (C=O) groups excluding carboxylic acids is 1. The van der Waals surface area contributed by atoms with E-state index < -0.39 is 13.7 Å². The first kappa shape index (κ1) is 33.5. The second kappa shape index (κ2) is 20.7. The quantitative estimate of drug-likeness (QED) is 0.0722. The van der Waals surface area contributed by atoms with Gasteiger partial charge in [-0.15, -0.1) is 0 Å². The molecule has 0 radical (unpaired) electrons. The van der Waals surface area contributed by atoms with E-state index >= 15 is 0 Å². The number of ether oxygens (including phenoxy) is 2. The molecule has 0 aromatic heterocycles. The number of nitrogens with zero attached hydrogens (tertiary/aromatic N) is 1. The van der Waals surface area contributed by atoms with Crippen molar-refractivity contribution in [2.45, 2.75) is 110 Å². The van der Waals surface area contributed by atoms with Crippen LogP contribution < -0.4 is 4.89 Å². The summed E-state index contributed by atoms with van der Waals surface area (Å²) in [6.45, 7) is 4.95. The molecule has 0 heterocycles. The summed E-state index contributed by atoms with van der Waals surface area (Å²) < 4.78 is 28.8. The maximum absolute atomic E-state index is 12.2. The molecule has 34 heavy (non-hydrogen) atoms. The maximum atomic E-state index is 12.2. The monoisotopic (exact) mass is 507 g/mol. The SMILES string of the molecule is CCCCCCCCCCCCCCCOCC(COP(=O)([O-])CC[N+](C)(C)C)OC(=O)CC. The zero-order chi connectivity index (χ0) is 25.7. The third kappa shape index (κ3) is 23.3. The highest BCUT2D eigenvalue weighted by molar-refractivity contribution is 7.51. The normalized spacial score (nSPS) is 14.6. The van der Waals surface area contributed by atoms with Crippen molar-refractivity contribution in [3.63, 3.8) is 0 Å². The highest BCUT2D eigenvalue weighted by atomic mass is 31.2. The largest absolute Gasteiger partial charge is 0.778 e. The van der Waals surface area contributed by atoms with Gasteiger partial charge < -0.3 is 27.9 Å². The maximum Gasteiger partial charge on any atom is 0.305 e. The highest BCUT2D eigenvalue weighted by Crippen LogP contribution is 2.37. The summed E-state index contributed by atoms with van der Waals surface area (Å²) in [7, 11) is 1.80. The molecule has 0 rings (SSSR count). The molecule has 204 valence electrons. The number of rotatable bonds is 24. The van der Waals surface area contributed by atoms with E-state index in [9.17, 15) is 14.3 Å². The van der Waals surface area contributed by atoms with E-state index in [1.807, 2.05) is 21.1 Å². The standard InChI is InChI=1S/C26H54NO6P/c1-6-8-9-10-11-12-13-14-15-16-17-18-19-21-31-23-25(33-26(28)7-2)24-32-34(29,30)22-20-27(3,4)5/h25H,6-24H2,1-5H3.